The lowest BCUT2D eigenvalue weighted by Gasteiger charge is -2.34. The molecule has 0 aliphatic heterocycles. The molecule has 0 saturated heterocycles. The Bertz CT molecular complexity index is 1040. The predicted octanol–water partition coefficient (Wildman–Crippen LogP) is 4.44. The van der Waals surface area contributed by atoms with Crippen molar-refractivity contribution < 1.29 is 18.3 Å². The van der Waals surface area contributed by atoms with Crippen LogP contribution in [0.2, 0.25) is 5.02 Å². The largest absolute Gasteiger partial charge is 0.411 e. The lowest BCUT2D eigenvalue weighted by Crippen LogP contribution is -2.33. The molecule has 0 spiro atoms. The van der Waals surface area contributed by atoms with Gasteiger partial charge in [0.05, 0.1) is 28.4 Å². The highest BCUT2D eigenvalue weighted by Gasteiger charge is 2.33. The molecule has 1 heterocycles. The van der Waals surface area contributed by atoms with Crippen LogP contribution in [0.1, 0.15) is 29.7 Å². The molecular formula is C19H15ClF2N4O2. The van der Waals surface area contributed by atoms with E-state index in [1.807, 2.05) is 6.07 Å². The fourth-order valence-corrected chi connectivity index (χ4v) is 3.22. The van der Waals surface area contributed by atoms with Crippen LogP contribution in [0.5, 0.6) is 0 Å². The minimum Gasteiger partial charge on any atom is -0.411 e. The molecule has 0 radical (unpaired) electrons. The van der Waals surface area contributed by atoms with Crippen molar-refractivity contribution in [2.45, 2.75) is 26.0 Å². The van der Waals surface area contributed by atoms with Gasteiger partial charge < -0.3 is 9.52 Å². The van der Waals surface area contributed by atoms with E-state index >= 15 is 0 Å². The Hall–Kier alpha value is -3.02. The number of nitrogens with zero attached hydrogens (tertiary/aromatic N) is 4. The van der Waals surface area contributed by atoms with Crippen LogP contribution in [-0.2, 0) is 0 Å². The lowest BCUT2D eigenvalue weighted by molar-refractivity contribution is 0.159. The lowest BCUT2D eigenvalue weighted by atomic mass is 9.98. The quantitative estimate of drug-likeness (QED) is 0.676. The second kappa shape index (κ2) is 7.92. The number of aliphatic hydroxyl groups is 1. The average Bonchev–Trinajstić information content (AvgIpc) is 3.17. The van der Waals surface area contributed by atoms with E-state index in [1.54, 1.807) is 13.0 Å². The van der Waals surface area contributed by atoms with Gasteiger partial charge in [0.25, 0.3) is 0 Å². The number of hydrogen-bond donors (Lipinski definition) is 1. The van der Waals surface area contributed by atoms with Crippen LogP contribution in [0, 0.1) is 29.9 Å². The zero-order chi connectivity index (χ0) is 20.4. The van der Waals surface area contributed by atoms with Gasteiger partial charge in [0, 0.05) is 11.6 Å². The minimum absolute atomic E-state index is 0.0227. The van der Waals surface area contributed by atoms with Gasteiger partial charge in [-0.1, -0.05) is 22.8 Å². The Labute approximate surface area is 164 Å². The minimum atomic E-state index is -1.12. The van der Waals surface area contributed by atoms with Crippen molar-refractivity contribution in [2.75, 3.05) is 4.90 Å². The third kappa shape index (κ3) is 3.54. The summed E-state index contributed by atoms with van der Waals surface area (Å²) in [5.74, 6) is -1.58. The van der Waals surface area contributed by atoms with Gasteiger partial charge in [-0.3, -0.25) is 4.90 Å². The van der Waals surface area contributed by atoms with Crippen molar-refractivity contribution in [1.29, 1.82) is 5.26 Å². The fraction of sp³-hybridized carbons (Fsp3) is 0.211. The van der Waals surface area contributed by atoms with Gasteiger partial charge in [0.15, 0.2) is 0 Å². The Morgan fingerprint density at radius 2 is 2.04 bits per heavy atom. The first-order chi connectivity index (χ1) is 13.3. The van der Waals surface area contributed by atoms with E-state index in [2.05, 4.69) is 10.2 Å². The third-order valence-corrected chi connectivity index (χ3v) is 4.80. The smallest absolute Gasteiger partial charge is 0.323 e. The van der Waals surface area contributed by atoms with Crippen LogP contribution in [-0.4, -0.2) is 21.4 Å². The standard InChI is InChI=1S/C19H15ClF2N4O2/c1-10-16(6-3-12(8-23)17(10)20)26(19-25-24-9-28-19)18(11(2)27)14-5-4-13(21)7-15(14)22/h3-7,9,11,18,27H,1-2H3/t11-,18+/m1/s1. The second-order valence-electron chi connectivity index (χ2n) is 6.13. The van der Waals surface area contributed by atoms with Gasteiger partial charge in [-0.2, -0.15) is 5.26 Å². The predicted molar refractivity (Wildman–Crippen MR) is 98.1 cm³/mol. The van der Waals surface area contributed by atoms with E-state index < -0.39 is 23.8 Å². The first kappa shape index (κ1) is 19.7. The molecule has 0 bridgehead atoms. The summed E-state index contributed by atoms with van der Waals surface area (Å²) in [6.45, 7) is 3.12. The monoisotopic (exact) mass is 404 g/mol. The van der Waals surface area contributed by atoms with Crippen molar-refractivity contribution in [3.05, 3.63) is 70.1 Å². The molecule has 2 atom stereocenters. The highest BCUT2D eigenvalue weighted by atomic mass is 35.5. The van der Waals surface area contributed by atoms with E-state index in [0.29, 0.717) is 11.3 Å². The number of aromatic nitrogens is 2. The van der Waals surface area contributed by atoms with Gasteiger partial charge in [-0.05, 0) is 37.6 Å². The summed E-state index contributed by atoms with van der Waals surface area (Å²) >= 11 is 6.28. The van der Waals surface area contributed by atoms with Crippen molar-refractivity contribution in [1.82, 2.24) is 10.2 Å². The van der Waals surface area contributed by atoms with Crippen LogP contribution >= 0.6 is 11.6 Å². The maximum absolute atomic E-state index is 14.6. The summed E-state index contributed by atoms with van der Waals surface area (Å²) in [5, 5.41) is 27.4. The molecule has 1 aromatic heterocycles. The van der Waals surface area contributed by atoms with E-state index in [9.17, 15) is 19.1 Å². The van der Waals surface area contributed by atoms with Crippen LogP contribution in [0.4, 0.5) is 20.5 Å². The van der Waals surface area contributed by atoms with Crippen molar-refractivity contribution >= 4 is 23.3 Å². The Morgan fingerprint density at radius 3 is 2.61 bits per heavy atom. The molecule has 3 rings (SSSR count). The molecule has 0 amide bonds. The number of anilines is 2. The zero-order valence-electron chi connectivity index (χ0n) is 14.9. The van der Waals surface area contributed by atoms with Gasteiger partial charge in [0.1, 0.15) is 17.7 Å². The molecule has 0 aliphatic carbocycles. The highest BCUT2D eigenvalue weighted by molar-refractivity contribution is 6.32. The average molecular weight is 405 g/mol. The summed E-state index contributed by atoms with van der Waals surface area (Å²) in [5.41, 5.74) is 1.19. The highest BCUT2D eigenvalue weighted by Crippen LogP contribution is 2.41. The maximum Gasteiger partial charge on any atom is 0.323 e. The molecular weight excluding hydrogens is 390 g/mol. The van der Waals surface area contributed by atoms with Gasteiger partial charge >= 0.3 is 6.01 Å². The molecule has 28 heavy (non-hydrogen) atoms. The zero-order valence-corrected chi connectivity index (χ0v) is 15.7. The molecule has 6 nitrogen and oxygen atoms in total. The fourth-order valence-electron chi connectivity index (χ4n) is 3.02. The van der Waals surface area contributed by atoms with Crippen molar-refractivity contribution in [2.24, 2.45) is 0 Å². The van der Waals surface area contributed by atoms with E-state index in [-0.39, 0.29) is 22.2 Å². The number of rotatable bonds is 5. The summed E-state index contributed by atoms with van der Waals surface area (Å²) in [7, 11) is 0. The molecule has 0 aliphatic rings. The Morgan fingerprint density at radius 1 is 1.29 bits per heavy atom. The van der Waals surface area contributed by atoms with Gasteiger partial charge in [-0.25, -0.2) is 8.78 Å². The Kier molecular flexibility index (Phi) is 5.58. The Balaban J connectivity index is 2.25. The molecule has 144 valence electrons. The number of aliphatic hydroxyl groups excluding tert-OH is 1. The van der Waals surface area contributed by atoms with Gasteiger partial charge in [0.2, 0.25) is 6.39 Å². The maximum atomic E-state index is 14.6. The van der Waals surface area contributed by atoms with Crippen molar-refractivity contribution in [3.63, 3.8) is 0 Å². The number of benzene rings is 2. The van der Waals surface area contributed by atoms with Crippen LogP contribution < -0.4 is 4.90 Å². The number of hydrogen-bond acceptors (Lipinski definition) is 6. The summed E-state index contributed by atoms with van der Waals surface area (Å²) < 4.78 is 33.3. The molecule has 3 aromatic rings. The number of halogens is 3. The topological polar surface area (TPSA) is 86.2 Å². The third-order valence-electron chi connectivity index (χ3n) is 4.31. The van der Waals surface area contributed by atoms with Gasteiger partial charge in [-0.15, -0.1) is 5.10 Å². The molecule has 0 unspecified atom stereocenters. The summed E-state index contributed by atoms with van der Waals surface area (Å²) in [4.78, 5) is 1.41. The van der Waals surface area contributed by atoms with Crippen molar-refractivity contribution in [3.8, 4) is 6.07 Å². The molecule has 0 fully saturated rings. The first-order valence-corrected chi connectivity index (χ1v) is 8.60. The van der Waals surface area contributed by atoms with Crippen LogP contribution in [0.3, 0.4) is 0 Å². The van der Waals surface area contributed by atoms with E-state index in [0.717, 1.165) is 18.5 Å². The van der Waals surface area contributed by atoms with E-state index in [4.69, 9.17) is 16.0 Å². The molecule has 2 aromatic carbocycles. The SMILES string of the molecule is Cc1c(N(c2nnco2)[C@H](c2ccc(F)cc2F)[C@@H](C)O)ccc(C#N)c1Cl. The normalized spacial score (nSPS) is 13.0. The summed E-state index contributed by atoms with van der Waals surface area (Å²) in [6.07, 6.45) is -0.0380. The second-order valence-corrected chi connectivity index (χ2v) is 6.50. The molecule has 0 saturated carbocycles. The van der Waals surface area contributed by atoms with Crippen LogP contribution in [0.25, 0.3) is 0 Å². The molecule has 9 heteroatoms. The number of nitriles is 1. The first-order valence-electron chi connectivity index (χ1n) is 8.22. The van der Waals surface area contributed by atoms with E-state index in [1.165, 1.54) is 24.0 Å². The molecule has 1 N–H and O–H groups in total. The summed E-state index contributed by atoms with van der Waals surface area (Å²) in [6, 6.07) is 7.06. The van der Waals surface area contributed by atoms with Crippen LogP contribution in [0.15, 0.2) is 41.1 Å².